The van der Waals surface area contributed by atoms with E-state index in [2.05, 4.69) is 4.98 Å². The lowest BCUT2D eigenvalue weighted by atomic mass is 10.1. The first-order valence-electron chi connectivity index (χ1n) is 12.0. The summed E-state index contributed by atoms with van der Waals surface area (Å²) in [6.45, 7) is 2.11. The zero-order valence-electron chi connectivity index (χ0n) is 20.3. The van der Waals surface area contributed by atoms with Gasteiger partial charge in [-0.15, -0.1) is 0 Å². The molecular formula is C31H21NO6. The lowest BCUT2D eigenvalue weighted by Crippen LogP contribution is -2.09. The van der Waals surface area contributed by atoms with Crippen molar-refractivity contribution in [3.63, 3.8) is 0 Å². The highest BCUT2D eigenvalue weighted by Gasteiger charge is 2.28. The molecular weight excluding hydrogens is 482 g/mol. The van der Waals surface area contributed by atoms with Gasteiger partial charge in [0.2, 0.25) is 5.78 Å². The van der Waals surface area contributed by atoms with Gasteiger partial charge < -0.3 is 18.6 Å². The van der Waals surface area contributed by atoms with Crippen molar-refractivity contribution in [3.05, 3.63) is 125 Å². The molecule has 0 bridgehead atoms. The summed E-state index contributed by atoms with van der Waals surface area (Å²) in [7, 11) is 0. The summed E-state index contributed by atoms with van der Waals surface area (Å²) >= 11 is 0. The van der Waals surface area contributed by atoms with Gasteiger partial charge in [-0.25, -0.2) is 4.79 Å². The Labute approximate surface area is 217 Å². The molecule has 0 amide bonds. The molecule has 7 nitrogen and oxygen atoms in total. The molecule has 0 N–H and O–H groups in total. The van der Waals surface area contributed by atoms with Gasteiger partial charge in [-0.3, -0.25) is 9.78 Å². The molecule has 38 heavy (non-hydrogen) atoms. The molecule has 0 unspecified atom stereocenters. The number of aryl methyl sites for hydroxylation is 1. The zero-order chi connectivity index (χ0) is 26.1. The normalized spacial score (nSPS) is 13.4. The molecule has 0 saturated carbocycles. The second-order valence-electron chi connectivity index (χ2n) is 8.73. The van der Waals surface area contributed by atoms with E-state index in [1.54, 1.807) is 67.9 Å². The predicted octanol–water partition coefficient (Wildman–Crippen LogP) is 6.55. The Bertz CT molecular complexity index is 1700. The summed E-state index contributed by atoms with van der Waals surface area (Å²) in [6, 6.07) is 23.4. The van der Waals surface area contributed by atoms with E-state index in [0.29, 0.717) is 46.0 Å². The molecule has 5 aromatic rings. The molecule has 3 aromatic carbocycles. The van der Waals surface area contributed by atoms with Crippen LogP contribution in [0.3, 0.4) is 0 Å². The molecule has 0 aliphatic carbocycles. The number of ether oxygens (including phenoxy) is 3. The number of benzene rings is 3. The van der Waals surface area contributed by atoms with E-state index in [1.165, 1.54) is 6.07 Å². The third-order valence-electron chi connectivity index (χ3n) is 6.14. The Morgan fingerprint density at radius 1 is 0.947 bits per heavy atom. The van der Waals surface area contributed by atoms with Crippen LogP contribution in [0, 0.1) is 6.92 Å². The standard InChI is InChI=1S/C31H21NO6/c1-19-29(25-16-22(8-10-26(25)36-19)35-18-21-5-3-2-4-6-21)31(34)37-23-7-9-24-27(17-23)38-28(30(24)33)15-20-11-13-32-14-12-20/h2-17H,18H2,1H3. The van der Waals surface area contributed by atoms with E-state index in [4.69, 9.17) is 18.6 Å². The number of carbonyl (C=O) groups excluding carboxylic acids is 2. The summed E-state index contributed by atoms with van der Waals surface area (Å²) in [5, 5.41) is 0.591. The molecule has 0 saturated heterocycles. The lowest BCUT2D eigenvalue weighted by molar-refractivity contribution is 0.0734. The van der Waals surface area contributed by atoms with Gasteiger partial charge in [0.1, 0.15) is 40.8 Å². The van der Waals surface area contributed by atoms with Crippen LogP contribution in [0.15, 0.2) is 101 Å². The smallest absolute Gasteiger partial charge is 0.347 e. The minimum absolute atomic E-state index is 0.189. The fourth-order valence-electron chi connectivity index (χ4n) is 4.28. The first-order chi connectivity index (χ1) is 18.5. The number of hydrogen-bond acceptors (Lipinski definition) is 7. The van der Waals surface area contributed by atoms with Crippen LogP contribution in [-0.2, 0) is 6.61 Å². The van der Waals surface area contributed by atoms with Gasteiger partial charge >= 0.3 is 5.97 Å². The molecule has 0 spiro atoms. The molecule has 6 rings (SSSR count). The molecule has 1 aliphatic rings. The molecule has 0 atom stereocenters. The maximum atomic E-state index is 13.2. The van der Waals surface area contributed by atoms with Gasteiger partial charge in [-0.2, -0.15) is 0 Å². The van der Waals surface area contributed by atoms with Crippen molar-refractivity contribution in [2.45, 2.75) is 13.5 Å². The third-order valence-corrected chi connectivity index (χ3v) is 6.14. The number of carbonyl (C=O) groups is 2. The summed E-state index contributed by atoms with van der Waals surface area (Å²) in [5.74, 6) is 0.972. The van der Waals surface area contributed by atoms with Gasteiger partial charge in [0.15, 0.2) is 5.76 Å². The quantitative estimate of drug-likeness (QED) is 0.147. The van der Waals surface area contributed by atoms with Crippen LogP contribution < -0.4 is 14.2 Å². The van der Waals surface area contributed by atoms with Crippen molar-refractivity contribution in [2.24, 2.45) is 0 Å². The number of aromatic nitrogens is 1. The van der Waals surface area contributed by atoms with Crippen LogP contribution in [0.2, 0.25) is 0 Å². The van der Waals surface area contributed by atoms with Crippen molar-refractivity contribution in [1.82, 2.24) is 4.98 Å². The molecule has 3 heterocycles. The fraction of sp³-hybridized carbons (Fsp3) is 0.0645. The Kier molecular flexibility index (Phi) is 5.94. The van der Waals surface area contributed by atoms with Crippen molar-refractivity contribution in [1.29, 1.82) is 0 Å². The summed E-state index contributed by atoms with van der Waals surface area (Å²) in [4.78, 5) is 29.9. The minimum atomic E-state index is -0.585. The fourth-order valence-corrected chi connectivity index (χ4v) is 4.28. The number of pyridine rings is 1. The van der Waals surface area contributed by atoms with Crippen molar-refractivity contribution in [2.75, 3.05) is 0 Å². The van der Waals surface area contributed by atoms with Gasteiger partial charge in [0.05, 0.1) is 5.56 Å². The van der Waals surface area contributed by atoms with Crippen LogP contribution in [0.25, 0.3) is 17.0 Å². The molecule has 0 radical (unpaired) electrons. The second-order valence-corrected chi connectivity index (χ2v) is 8.73. The summed E-state index contributed by atoms with van der Waals surface area (Å²) in [5.41, 5.74) is 3.08. The van der Waals surface area contributed by atoms with Crippen molar-refractivity contribution >= 4 is 28.8 Å². The maximum absolute atomic E-state index is 13.2. The highest BCUT2D eigenvalue weighted by atomic mass is 16.5. The van der Waals surface area contributed by atoms with E-state index in [9.17, 15) is 9.59 Å². The number of fused-ring (bicyclic) bond motifs is 2. The Balaban J connectivity index is 1.22. The zero-order valence-corrected chi connectivity index (χ0v) is 20.3. The molecule has 1 aliphatic heterocycles. The van der Waals surface area contributed by atoms with Crippen LogP contribution in [0.5, 0.6) is 17.2 Å². The number of allylic oxidation sites excluding steroid dienone is 1. The number of Topliss-reactive ketones (excluding diaryl/α,β-unsaturated/α-hetero) is 1. The molecule has 2 aromatic heterocycles. The number of rotatable bonds is 6. The third kappa shape index (κ3) is 4.53. The SMILES string of the molecule is Cc1oc2ccc(OCc3ccccc3)cc2c1C(=O)Oc1ccc2c(c1)OC(=Cc1ccncc1)C2=O. The predicted molar refractivity (Wildman–Crippen MR) is 140 cm³/mol. The molecule has 0 fully saturated rings. The molecule has 7 heteroatoms. The van der Waals surface area contributed by atoms with E-state index in [-0.39, 0.29) is 17.3 Å². The lowest BCUT2D eigenvalue weighted by Gasteiger charge is -2.07. The highest BCUT2D eigenvalue weighted by molar-refractivity contribution is 6.14. The van der Waals surface area contributed by atoms with Crippen molar-refractivity contribution in [3.8, 4) is 17.2 Å². The number of hydrogen-bond donors (Lipinski definition) is 0. The first-order valence-corrected chi connectivity index (χ1v) is 12.0. The maximum Gasteiger partial charge on any atom is 0.347 e. The number of nitrogens with zero attached hydrogens (tertiary/aromatic N) is 1. The van der Waals surface area contributed by atoms with E-state index >= 15 is 0 Å². The number of furan rings is 1. The van der Waals surface area contributed by atoms with E-state index in [0.717, 1.165) is 11.1 Å². The average Bonchev–Trinajstić information content (AvgIpc) is 3.43. The number of esters is 1. The van der Waals surface area contributed by atoms with Gasteiger partial charge in [-0.1, -0.05) is 30.3 Å². The largest absolute Gasteiger partial charge is 0.489 e. The van der Waals surface area contributed by atoms with Gasteiger partial charge in [0, 0.05) is 23.8 Å². The average molecular weight is 504 g/mol. The minimum Gasteiger partial charge on any atom is -0.489 e. The van der Waals surface area contributed by atoms with E-state index < -0.39 is 5.97 Å². The Morgan fingerprint density at radius 3 is 2.55 bits per heavy atom. The van der Waals surface area contributed by atoms with Crippen LogP contribution in [0.1, 0.15) is 37.6 Å². The summed E-state index contributed by atoms with van der Waals surface area (Å²) < 4.78 is 23.2. The highest BCUT2D eigenvalue weighted by Crippen LogP contribution is 2.36. The number of ketones is 1. The Hall–Kier alpha value is -5.17. The van der Waals surface area contributed by atoms with Crippen molar-refractivity contribution < 1.29 is 28.2 Å². The van der Waals surface area contributed by atoms with Crippen LogP contribution >= 0.6 is 0 Å². The van der Waals surface area contributed by atoms with Gasteiger partial charge in [-0.05, 0) is 66.6 Å². The second kappa shape index (κ2) is 9.71. The van der Waals surface area contributed by atoms with Crippen LogP contribution in [-0.4, -0.2) is 16.7 Å². The Morgan fingerprint density at radius 2 is 1.74 bits per heavy atom. The van der Waals surface area contributed by atoms with Crippen LogP contribution in [0.4, 0.5) is 0 Å². The van der Waals surface area contributed by atoms with Gasteiger partial charge in [0.25, 0.3) is 0 Å². The first kappa shape index (κ1) is 23.2. The monoisotopic (exact) mass is 503 g/mol. The van der Waals surface area contributed by atoms with E-state index in [1.807, 2.05) is 30.3 Å². The molecule has 186 valence electrons. The topological polar surface area (TPSA) is 87.9 Å². The summed E-state index contributed by atoms with van der Waals surface area (Å²) in [6.07, 6.45) is 4.92.